The molecule has 1 N–H and O–H groups in total. The predicted octanol–water partition coefficient (Wildman–Crippen LogP) is 4.28. The summed E-state index contributed by atoms with van der Waals surface area (Å²) in [4.78, 5) is 24.7. The molecule has 0 aliphatic rings. The standard InChI is InChI=1S/C21H20FNO4/c1-11-5-7-14(8-6-11)20(24)23-13(3)19(12(2)21(25)26)15-9-18(27-4)16(22)10-17(15)23/h5-10,12H,1-4H3,(H,25,26). The number of nitrogens with zero attached hydrogens (tertiary/aromatic N) is 1. The van der Waals surface area contributed by atoms with Gasteiger partial charge in [-0.1, -0.05) is 17.7 Å². The maximum absolute atomic E-state index is 14.4. The largest absolute Gasteiger partial charge is 0.494 e. The zero-order valence-electron chi connectivity index (χ0n) is 15.5. The molecule has 0 radical (unpaired) electrons. The molecule has 6 heteroatoms. The lowest BCUT2D eigenvalue weighted by Gasteiger charge is -2.09. The molecule has 0 fully saturated rings. The molecule has 1 unspecified atom stereocenters. The van der Waals surface area contributed by atoms with Crippen molar-refractivity contribution in [3.8, 4) is 5.75 Å². The molecule has 3 rings (SSSR count). The summed E-state index contributed by atoms with van der Waals surface area (Å²) in [6, 6.07) is 9.69. The fraction of sp³-hybridized carbons (Fsp3) is 0.238. The second-order valence-electron chi connectivity index (χ2n) is 6.57. The van der Waals surface area contributed by atoms with Gasteiger partial charge in [0.25, 0.3) is 5.91 Å². The number of methoxy groups -OCH3 is 1. The predicted molar refractivity (Wildman–Crippen MR) is 100 cm³/mol. The van der Waals surface area contributed by atoms with Crippen molar-refractivity contribution >= 4 is 22.8 Å². The number of carbonyl (C=O) groups is 2. The molecule has 27 heavy (non-hydrogen) atoms. The van der Waals surface area contributed by atoms with Gasteiger partial charge in [0.05, 0.1) is 18.5 Å². The van der Waals surface area contributed by atoms with Crippen LogP contribution in [-0.4, -0.2) is 28.7 Å². The van der Waals surface area contributed by atoms with Crippen LogP contribution in [0.2, 0.25) is 0 Å². The molecule has 5 nitrogen and oxygen atoms in total. The van der Waals surface area contributed by atoms with E-state index in [0.29, 0.717) is 27.7 Å². The third kappa shape index (κ3) is 3.07. The van der Waals surface area contributed by atoms with Crippen LogP contribution in [0.4, 0.5) is 4.39 Å². The van der Waals surface area contributed by atoms with Gasteiger partial charge < -0.3 is 9.84 Å². The Bertz CT molecular complexity index is 1050. The molecule has 0 aliphatic heterocycles. The third-order valence-electron chi connectivity index (χ3n) is 4.83. The maximum Gasteiger partial charge on any atom is 0.310 e. The van der Waals surface area contributed by atoms with E-state index in [2.05, 4.69) is 0 Å². The van der Waals surface area contributed by atoms with Crippen LogP contribution in [0.15, 0.2) is 36.4 Å². The molecule has 2 aromatic carbocycles. The van der Waals surface area contributed by atoms with E-state index in [0.717, 1.165) is 5.56 Å². The summed E-state index contributed by atoms with van der Waals surface area (Å²) in [6.07, 6.45) is 0. The van der Waals surface area contributed by atoms with Crippen molar-refractivity contribution in [3.05, 3.63) is 64.6 Å². The van der Waals surface area contributed by atoms with E-state index in [1.165, 1.54) is 23.8 Å². The molecular formula is C21H20FNO4. The minimum atomic E-state index is -1.02. The van der Waals surface area contributed by atoms with Crippen molar-refractivity contribution in [1.82, 2.24) is 4.57 Å². The first-order chi connectivity index (χ1) is 12.8. The Morgan fingerprint density at radius 2 is 1.78 bits per heavy atom. The lowest BCUT2D eigenvalue weighted by atomic mass is 9.98. The third-order valence-corrected chi connectivity index (χ3v) is 4.83. The number of hydrogen-bond donors (Lipinski definition) is 1. The minimum Gasteiger partial charge on any atom is -0.494 e. The molecule has 0 amide bonds. The summed E-state index contributed by atoms with van der Waals surface area (Å²) < 4.78 is 20.8. The number of aliphatic carboxylic acids is 1. The first-order valence-electron chi connectivity index (χ1n) is 8.48. The van der Waals surface area contributed by atoms with Gasteiger partial charge >= 0.3 is 5.97 Å². The molecule has 0 saturated carbocycles. The van der Waals surface area contributed by atoms with Gasteiger partial charge in [-0.2, -0.15) is 0 Å². The zero-order chi connectivity index (χ0) is 19.9. The van der Waals surface area contributed by atoms with Crippen LogP contribution in [0.3, 0.4) is 0 Å². The Labute approximate surface area is 156 Å². The molecule has 0 bridgehead atoms. The van der Waals surface area contributed by atoms with Crippen LogP contribution in [0, 0.1) is 19.7 Å². The molecular weight excluding hydrogens is 349 g/mol. The van der Waals surface area contributed by atoms with Crippen molar-refractivity contribution in [1.29, 1.82) is 0 Å². The Kier molecular flexibility index (Phi) is 4.74. The summed E-state index contributed by atoms with van der Waals surface area (Å²) in [5.74, 6) is -2.85. The molecule has 1 heterocycles. The minimum absolute atomic E-state index is 0.00118. The van der Waals surface area contributed by atoms with E-state index in [9.17, 15) is 19.1 Å². The molecule has 0 aliphatic carbocycles. The highest BCUT2D eigenvalue weighted by molar-refractivity contribution is 6.05. The van der Waals surface area contributed by atoms with Gasteiger partial charge in [0.15, 0.2) is 11.6 Å². The highest BCUT2D eigenvalue weighted by Gasteiger charge is 2.27. The van der Waals surface area contributed by atoms with Crippen LogP contribution in [-0.2, 0) is 4.79 Å². The number of aromatic nitrogens is 1. The SMILES string of the molecule is COc1cc2c(C(C)C(=O)O)c(C)n(C(=O)c3ccc(C)cc3)c2cc1F. The first kappa shape index (κ1) is 18.6. The van der Waals surface area contributed by atoms with E-state index in [-0.39, 0.29) is 11.7 Å². The summed E-state index contributed by atoms with van der Waals surface area (Å²) in [7, 11) is 1.34. The van der Waals surface area contributed by atoms with Crippen LogP contribution in [0.25, 0.3) is 10.9 Å². The van der Waals surface area contributed by atoms with Gasteiger partial charge in [0.2, 0.25) is 0 Å². The van der Waals surface area contributed by atoms with E-state index in [4.69, 9.17) is 4.74 Å². The van der Waals surface area contributed by atoms with Gasteiger partial charge in [0.1, 0.15) is 0 Å². The number of benzene rings is 2. The normalized spacial score (nSPS) is 12.2. The van der Waals surface area contributed by atoms with E-state index < -0.39 is 17.7 Å². The number of hydrogen-bond acceptors (Lipinski definition) is 3. The summed E-state index contributed by atoms with van der Waals surface area (Å²) >= 11 is 0. The maximum atomic E-state index is 14.4. The Balaban J connectivity index is 2.33. The Morgan fingerprint density at radius 1 is 1.15 bits per heavy atom. The van der Waals surface area contributed by atoms with Crippen molar-refractivity contribution < 1.29 is 23.8 Å². The lowest BCUT2D eigenvalue weighted by molar-refractivity contribution is -0.138. The first-order valence-corrected chi connectivity index (χ1v) is 8.48. The van der Waals surface area contributed by atoms with Crippen molar-refractivity contribution in [2.45, 2.75) is 26.7 Å². The van der Waals surface area contributed by atoms with Gasteiger partial charge in [0, 0.05) is 22.7 Å². The number of fused-ring (bicyclic) bond motifs is 1. The summed E-state index contributed by atoms with van der Waals surface area (Å²) in [5.41, 5.74) is 2.71. The van der Waals surface area contributed by atoms with E-state index in [1.54, 1.807) is 26.0 Å². The highest BCUT2D eigenvalue weighted by Crippen LogP contribution is 2.36. The summed E-state index contributed by atoms with van der Waals surface area (Å²) in [6.45, 7) is 5.13. The number of ether oxygens (including phenoxy) is 1. The Morgan fingerprint density at radius 3 is 2.33 bits per heavy atom. The van der Waals surface area contributed by atoms with Crippen molar-refractivity contribution in [2.75, 3.05) is 7.11 Å². The second kappa shape index (κ2) is 6.87. The Hall–Kier alpha value is -3.15. The van der Waals surface area contributed by atoms with E-state index in [1.807, 2.05) is 19.1 Å². The molecule has 0 saturated heterocycles. The van der Waals surface area contributed by atoms with Gasteiger partial charge in [-0.15, -0.1) is 0 Å². The molecule has 3 aromatic rings. The smallest absolute Gasteiger partial charge is 0.310 e. The average molecular weight is 369 g/mol. The van der Waals surface area contributed by atoms with E-state index >= 15 is 0 Å². The fourth-order valence-corrected chi connectivity index (χ4v) is 3.35. The number of carbonyl (C=O) groups excluding carboxylic acids is 1. The fourth-order valence-electron chi connectivity index (χ4n) is 3.35. The summed E-state index contributed by atoms with van der Waals surface area (Å²) in [5, 5.41) is 9.98. The van der Waals surface area contributed by atoms with Crippen molar-refractivity contribution in [2.24, 2.45) is 0 Å². The monoisotopic (exact) mass is 369 g/mol. The second-order valence-corrected chi connectivity index (χ2v) is 6.57. The van der Waals surface area contributed by atoms with Crippen LogP contribution < -0.4 is 4.74 Å². The van der Waals surface area contributed by atoms with Gasteiger partial charge in [-0.3, -0.25) is 14.2 Å². The van der Waals surface area contributed by atoms with Gasteiger partial charge in [-0.25, -0.2) is 4.39 Å². The number of rotatable bonds is 4. The quantitative estimate of drug-likeness (QED) is 0.745. The van der Waals surface area contributed by atoms with Gasteiger partial charge in [-0.05, 0) is 44.5 Å². The average Bonchev–Trinajstić information content (AvgIpc) is 2.91. The number of aryl methyl sites for hydroxylation is 1. The molecule has 1 atom stereocenters. The molecule has 140 valence electrons. The van der Waals surface area contributed by atoms with Crippen molar-refractivity contribution in [3.63, 3.8) is 0 Å². The van der Waals surface area contributed by atoms with Crippen LogP contribution >= 0.6 is 0 Å². The number of halogens is 1. The zero-order valence-corrected chi connectivity index (χ0v) is 15.5. The van der Waals surface area contributed by atoms with Crippen LogP contribution in [0.5, 0.6) is 5.75 Å². The number of carboxylic acids is 1. The molecule has 1 aromatic heterocycles. The lowest BCUT2D eigenvalue weighted by Crippen LogP contribution is -2.15. The number of carboxylic acid groups (broad SMARTS) is 1. The molecule has 0 spiro atoms. The van der Waals surface area contributed by atoms with Crippen LogP contribution in [0.1, 0.15) is 40.0 Å². The highest BCUT2D eigenvalue weighted by atomic mass is 19.1. The topological polar surface area (TPSA) is 68.5 Å².